The fourth-order valence-corrected chi connectivity index (χ4v) is 4.41. The van der Waals surface area contributed by atoms with Crippen molar-refractivity contribution in [1.82, 2.24) is 4.90 Å². The predicted molar refractivity (Wildman–Crippen MR) is 97.2 cm³/mol. The van der Waals surface area contributed by atoms with Crippen LogP contribution in [0, 0.1) is 0 Å². The van der Waals surface area contributed by atoms with E-state index in [0.717, 1.165) is 24.0 Å². The molecule has 1 aromatic carbocycles. The largest absolute Gasteiger partial charge is 0.490 e. The number of hydrogen-bond acceptors (Lipinski definition) is 4. The highest BCUT2D eigenvalue weighted by molar-refractivity contribution is 5.85. The summed E-state index contributed by atoms with van der Waals surface area (Å²) in [7, 11) is 0. The first-order valence-electron chi connectivity index (χ1n) is 8.58. The topological polar surface area (TPSA) is 42.7 Å². The lowest BCUT2D eigenvalue weighted by molar-refractivity contribution is 0.0307. The van der Waals surface area contributed by atoms with E-state index in [1.54, 1.807) is 6.07 Å². The van der Waals surface area contributed by atoms with Crippen molar-refractivity contribution in [3.05, 3.63) is 40.8 Å². The number of hydrogen-bond donors (Lipinski definition) is 0. The SMILES string of the molecule is CC(C)N1C2CCC1CC(Oc1ccc3ccc(=O)oc3c1)C2.Cl. The van der Waals surface area contributed by atoms with Crippen molar-refractivity contribution in [2.45, 2.75) is 63.8 Å². The van der Waals surface area contributed by atoms with E-state index < -0.39 is 0 Å². The van der Waals surface area contributed by atoms with Crippen molar-refractivity contribution in [3.63, 3.8) is 0 Å². The third-order valence-electron chi connectivity index (χ3n) is 5.24. The average Bonchev–Trinajstić information content (AvgIpc) is 2.79. The number of ether oxygens (including phenoxy) is 1. The smallest absolute Gasteiger partial charge is 0.336 e. The zero-order valence-electron chi connectivity index (χ0n) is 14.1. The van der Waals surface area contributed by atoms with E-state index in [-0.39, 0.29) is 24.1 Å². The van der Waals surface area contributed by atoms with Crippen molar-refractivity contribution in [2.24, 2.45) is 0 Å². The van der Waals surface area contributed by atoms with Gasteiger partial charge in [0.2, 0.25) is 0 Å². The molecule has 2 bridgehead atoms. The number of halogens is 1. The van der Waals surface area contributed by atoms with Gasteiger partial charge in [0.15, 0.2) is 0 Å². The fraction of sp³-hybridized carbons (Fsp3) is 0.526. The summed E-state index contributed by atoms with van der Waals surface area (Å²) >= 11 is 0. The maximum atomic E-state index is 11.4. The lowest BCUT2D eigenvalue weighted by Gasteiger charge is -2.41. The first-order valence-corrected chi connectivity index (χ1v) is 8.58. The Balaban J connectivity index is 0.00000169. The maximum Gasteiger partial charge on any atom is 0.336 e. The molecule has 2 fully saturated rings. The molecule has 2 unspecified atom stereocenters. The monoisotopic (exact) mass is 349 g/mol. The van der Waals surface area contributed by atoms with Crippen LogP contribution in [-0.4, -0.2) is 29.1 Å². The van der Waals surface area contributed by atoms with E-state index in [1.165, 1.54) is 18.9 Å². The van der Waals surface area contributed by atoms with Gasteiger partial charge in [0, 0.05) is 35.6 Å². The van der Waals surface area contributed by atoms with Gasteiger partial charge in [0.1, 0.15) is 17.4 Å². The summed E-state index contributed by atoms with van der Waals surface area (Å²) < 4.78 is 11.5. The van der Waals surface area contributed by atoms with Crippen LogP contribution in [0.4, 0.5) is 0 Å². The Morgan fingerprint density at radius 3 is 2.46 bits per heavy atom. The van der Waals surface area contributed by atoms with Gasteiger partial charge < -0.3 is 9.15 Å². The highest BCUT2D eigenvalue weighted by Gasteiger charge is 2.42. The van der Waals surface area contributed by atoms with Gasteiger partial charge >= 0.3 is 5.63 Å². The summed E-state index contributed by atoms with van der Waals surface area (Å²) in [4.78, 5) is 14.0. The lowest BCUT2D eigenvalue weighted by Crippen LogP contribution is -2.49. The zero-order valence-corrected chi connectivity index (χ0v) is 14.9. The molecule has 4 nitrogen and oxygen atoms in total. The Kier molecular flexibility index (Phi) is 4.88. The fourth-order valence-electron chi connectivity index (χ4n) is 4.41. The molecule has 5 heteroatoms. The number of fused-ring (bicyclic) bond motifs is 3. The quantitative estimate of drug-likeness (QED) is 0.785. The van der Waals surface area contributed by atoms with Gasteiger partial charge in [-0.1, -0.05) is 0 Å². The van der Waals surface area contributed by atoms with Crippen LogP contribution in [0.5, 0.6) is 5.75 Å². The molecule has 130 valence electrons. The van der Waals surface area contributed by atoms with Crippen LogP contribution >= 0.6 is 12.4 Å². The number of rotatable bonds is 3. The minimum Gasteiger partial charge on any atom is -0.490 e. The molecule has 0 aliphatic carbocycles. The summed E-state index contributed by atoms with van der Waals surface area (Å²) in [6, 6.07) is 10.9. The van der Waals surface area contributed by atoms with Crippen molar-refractivity contribution in [2.75, 3.05) is 0 Å². The summed E-state index contributed by atoms with van der Waals surface area (Å²) in [6.07, 6.45) is 5.01. The molecule has 0 amide bonds. The number of piperidine rings is 1. The van der Waals surface area contributed by atoms with Gasteiger partial charge in [0.05, 0.1) is 0 Å². The predicted octanol–water partition coefficient (Wildman–Crippen LogP) is 4.00. The molecular weight excluding hydrogens is 326 g/mol. The standard InChI is InChI=1S/C19H23NO3.ClH/c1-12(2)20-14-5-6-15(20)10-17(9-14)22-16-7-3-13-4-8-19(21)23-18(13)11-16;/h3-4,7-8,11-12,14-15,17H,5-6,9-10H2,1-2H3;1H. The Hall–Kier alpha value is -1.52. The van der Waals surface area contributed by atoms with E-state index in [2.05, 4.69) is 18.7 Å². The Morgan fingerprint density at radius 1 is 1.12 bits per heavy atom. The molecule has 0 saturated carbocycles. The number of benzene rings is 1. The van der Waals surface area contributed by atoms with Crippen LogP contribution in [0.25, 0.3) is 11.0 Å². The summed E-state index contributed by atoms with van der Waals surface area (Å²) in [6.45, 7) is 4.58. The summed E-state index contributed by atoms with van der Waals surface area (Å²) in [5.74, 6) is 0.800. The van der Waals surface area contributed by atoms with E-state index in [9.17, 15) is 4.79 Å². The van der Waals surface area contributed by atoms with Gasteiger partial charge in [-0.15, -0.1) is 12.4 Å². The van der Waals surface area contributed by atoms with Crippen molar-refractivity contribution in [1.29, 1.82) is 0 Å². The summed E-state index contributed by atoms with van der Waals surface area (Å²) in [5, 5.41) is 0.923. The third kappa shape index (κ3) is 3.17. The second-order valence-corrected chi connectivity index (χ2v) is 7.09. The second kappa shape index (κ2) is 6.77. The van der Waals surface area contributed by atoms with Crippen molar-refractivity contribution >= 4 is 23.4 Å². The van der Waals surface area contributed by atoms with Crippen LogP contribution in [0.15, 0.2) is 39.5 Å². The first-order chi connectivity index (χ1) is 11.1. The van der Waals surface area contributed by atoms with E-state index in [4.69, 9.17) is 9.15 Å². The molecule has 3 heterocycles. The molecule has 0 radical (unpaired) electrons. The van der Waals surface area contributed by atoms with Gasteiger partial charge in [-0.25, -0.2) is 4.79 Å². The first kappa shape index (κ1) is 17.3. The average molecular weight is 350 g/mol. The molecule has 2 aromatic rings. The number of nitrogens with zero attached hydrogens (tertiary/aromatic N) is 1. The third-order valence-corrected chi connectivity index (χ3v) is 5.24. The lowest BCUT2D eigenvalue weighted by atomic mass is 9.98. The minimum absolute atomic E-state index is 0. The molecular formula is C19H24ClNO3. The van der Waals surface area contributed by atoms with Gasteiger partial charge in [0.25, 0.3) is 0 Å². The molecule has 24 heavy (non-hydrogen) atoms. The maximum absolute atomic E-state index is 11.4. The van der Waals surface area contributed by atoms with Gasteiger partial charge in [-0.3, -0.25) is 4.90 Å². The summed E-state index contributed by atoms with van der Waals surface area (Å²) in [5.41, 5.74) is 0.274. The molecule has 2 saturated heterocycles. The van der Waals surface area contributed by atoms with Crippen LogP contribution in [0.2, 0.25) is 0 Å². The van der Waals surface area contributed by atoms with E-state index in [0.29, 0.717) is 23.7 Å². The Labute approximate surface area is 148 Å². The van der Waals surface area contributed by atoms with E-state index >= 15 is 0 Å². The second-order valence-electron chi connectivity index (χ2n) is 7.09. The Bertz CT molecular complexity index is 759. The molecule has 4 rings (SSSR count). The van der Waals surface area contributed by atoms with Crippen LogP contribution in [-0.2, 0) is 0 Å². The van der Waals surface area contributed by atoms with Crippen LogP contribution in [0.3, 0.4) is 0 Å². The normalized spacial score (nSPS) is 26.5. The van der Waals surface area contributed by atoms with Gasteiger partial charge in [-0.05, 0) is 57.7 Å². The zero-order chi connectivity index (χ0) is 16.0. The highest BCUT2D eigenvalue weighted by atomic mass is 35.5. The molecule has 0 spiro atoms. The van der Waals surface area contributed by atoms with Crippen LogP contribution in [0.1, 0.15) is 39.5 Å². The van der Waals surface area contributed by atoms with Crippen molar-refractivity contribution in [3.8, 4) is 5.75 Å². The van der Waals surface area contributed by atoms with Crippen LogP contribution < -0.4 is 10.4 Å². The molecule has 0 N–H and O–H groups in total. The van der Waals surface area contributed by atoms with Gasteiger partial charge in [-0.2, -0.15) is 0 Å². The molecule has 1 aromatic heterocycles. The Morgan fingerprint density at radius 2 is 1.79 bits per heavy atom. The van der Waals surface area contributed by atoms with Crippen molar-refractivity contribution < 1.29 is 9.15 Å². The highest BCUT2D eigenvalue weighted by Crippen LogP contribution is 2.38. The minimum atomic E-state index is -0.321. The molecule has 2 aliphatic rings. The molecule has 2 aliphatic heterocycles. The van der Waals surface area contributed by atoms with E-state index in [1.807, 2.05) is 18.2 Å². The molecule has 2 atom stereocenters.